The molecule has 0 spiro atoms. The van der Waals surface area contributed by atoms with Crippen molar-refractivity contribution in [1.82, 2.24) is 15.1 Å². The zero-order chi connectivity index (χ0) is 10.7. The molecule has 1 heterocycles. The molecule has 1 unspecified atom stereocenters. The maximum Gasteiger partial charge on any atom is 0.246 e. The Balaban J connectivity index is 2.53. The summed E-state index contributed by atoms with van der Waals surface area (Å²) in [5.74, 6) is -0.176. The lowest BCUT2D eigenvalue weighted by Crippen LogP contribution is -2.41. The first-order chi connectivity index (χ1) is 6.57. The van der Waals surface area contributed by atoms with Gasteiger partial charge < -0.3 is 5.32 Å². The first kappa shape index (κ1) is 11.1. The Morgan fingerprint density at radius 3 is 2.64 bits per heavy atom. The summed E-state index contributed by atoms with van der Waals surface area (Å²) >= 11 is 0. The Morgan fingerprint density at radius 2 is 2.21 bits per heavy atom. The van der Waals surface area contributed by atoms with Gasteiger partial charge in [0.2, 0.25) is 11.8 Å². The first-order valence-corrected chi connectivity index (χ1v) is 4.73. The lowest BCUT2D eigenvalue weighted by molar-refractivity contribution is -0.137. The van der Waals surface area contributed by atoms with Gasteiger partial charge in [0.25, 0.3) is 0 Å². The van der Waals surface area contributed by atoms with Gasteiger partial charge >= 0.3 is 0 Å². The zero-order valence-electron chi connectivity index (χ0n) is 8.91. The van der Waals surface area contributed by atoms with Crippen LogP contribution >= 0.6 is 0 Å². The lowest BCUT2D eigenvalue weighted by Gasteiger charge is -2.21. The van der Waals surface area contributed by atoms with Crippen LogP contribution in [0.25, 0.3) is 0 Å². The van der Waals surface area contributed by atoms with Gasteiger partial charge in [-0.1, -0.05) is 0 Å². The SMILES string of the molecule is CNCCN(C)C1CC(=O)N(C)C1=O. The number of likely N-dealkylation sites (tertiary alicyclic amines) is 1. The van der Waals surface area contributed by atoms with E-state index in [1.54, 1.807) is 0 Å². The number of carbonyl (C=O) groups is 2. The average Bonchev–Trinajstić information content (AvgIpc) is 2.42. The quantitative estimate of drug-likeness (QED) is 0.584. The van der Waals surface area contributed by atoms with E-state index >= 15 is 0 Å². The summed E-state index contributed by atoms with van der Waals surface area (Å²) in [4.78, 5) is 25.9. The van der Waals surface area contributed by atoms with E-state index in [4.69, 9.17) is 0 Å². The Morgan fingerprint density at radius 1 is 1.57 bits per heavy atom. The van der Waals surface area contributed by atoms with Crippen LogP contribution in [0.2, 0.25) is 0 Å². The van der Waals surface area contributed by atoms with Crippen molar-refractivity contribution in [2.24, 2.45) is 0 Å². The second-order valence-corrected chi connectivity index (χ2v) is 3.60. The molecule has 80 valence electrons. The van der Waals surface area contributed by atoms with Gasteiger partial charge in [-0.15, -0.1) is 0 Å². The summed E-state index contributed by atoms with van der Waals surface area (Å²) in [6.07, 6.45) is 0.315. The summed E-state index contributed by atoms with van der Waals surface area (Å²) in [5.41, 5.74) is 0. The molecule has 0 radical (unpaired) electrons. The van der Waals surface area contributed by atoms with Crippen LogP contribution in [0.3, 0.4) is 0 Å². The third-order valence-corrected chi connectivity index (χ3v) is 2.60. The number of likely N-dealkylation sites (N-methyl/N-ethyl adjacent to an activating group) is 3. The molecular weight excluding hydrogens is 182 g/mol. The van der Waals surface area contributed by atoms with Crippen molar-refractivity contribution in [1.29, 1.82) is 0 Å². The highest BCUT2D eigenvalue weighted by molar-refractivity contribution is 6.05. The van der Waals surface area contributed by atoms with Crippen LogP contribution in [-0.4, -0.2) is 61.9 Å². The number of carbonyl (C=O) groups excluding carboxylic acids is 2. The Kier molecular flexibility index (Phi) is 3.60. The largest absolute Gasteiger partial charge is 0.318 e. The fourth-order valence-electron chi connectivity index (χ4n) is 1.52. The minimum atomic E-state index is -0.263. The monoisotopic (exact) mass is 199 g/mol. The van der Waals surface area contributed by atoms with E-state index in [0.29, 0.717) is 6.42 Å². The van der Waals surface area contributed by atoms with Gasteiger partial charge in [-0.3, -0.25) is 19.4 Å². The number of amides is 2. The van der Waals surface area contributed by atoms with Crippen LogP contribution in [0.1, 0.15) is 6.42 Å². The van der Waals surface area contributed by atoms with Crippen molar-refractivity contribution < 1.29 is 9.59 Å². The highest BCUT2D eigenvalue weighted by atomic mass is 16.2. The predicted octanol–water partition coefficient (Wildman–Crippen LogP) is -1.11. The number of hydrogen-bond donors (Lipinski definition) is 1. The average molecular weight is 199 g/mol. The molecule has 5 heteroatoms. The molecule has 0 aromatic rings. The molecular formula is C9H17N3O2. The fraction of sp³-hybridized carbons (Fsp3) is 0.778. The summed E-state index contributed by atoms with van der Waals surface area (Å²) in [5, 5.41) is 3.01. The summed E-state index contributed by atoms with van der Waals surface area (Å²) < 4.78 is 0. The topological polar surface area (TPSA) is 52.7 Å². The van der Waals surface area contributed by atoms with E-state index in [1.807, 2.05) is 19.0 Å². The number of imide groups is 1. The van der Waals surface area contributed by atoms with Gasteiger partial charge in [0.1, 0.15) is 0 Å². The van der Waals surface area contributed by atoms with Crippen LogP contribution < -0.4 is 5.32 Å². The molecule has 1 aliphatic rings. The van der Waals surface area contributed by atoms with Crippen molar-refractivity contribution >= 4 is 11.8 Å². The molecule has 5 nitrogen and oxygen atoms in total. The van der Waals surface area contributed by atoms with Crippen LogP contribution in [0, 0.1) is 0 Å². The van der Waals surface area contributed by atoms with E-state index in [0.717, 1.165) is 13.1 Å². The van der Waals surface area contributed by atoms with E-state index in [9.17, 15) is 9.59 Å². The highest BCUT2D eigenvalue weighted by Gasteiger charge is 2.38. The van der Waals surface area contributed by atoms with E-state index in [1.165, 1.54) is 11.9 Å². The maximum absolute atomic E-state index is 11.6. The molecule has 1 saturated heterocycles. The van der Waals surface area contributed by atoms with Crippen molar-refractivity contribution in [3.05, 3.63) is 0 Å². The first-order valence-electron chi connectivity index (χ1n) is 4.73. The van der Waals surface area contributed by atoms with Gasteiger partial charge in [-0.2, -0.15) is 0 Å². The van der Waals surface area contributed by atoms with Gasteiger partial charge in [0.05, 0.1) is 12.5 Å². The third-order valence-electron chi connectivity index (χ3n) is 2.60. The zero-order valence-corrected chi connectivity index (χ0v) is 8.91. The van der Waals surface area contributed by atoms with Gasteiger partial charge in [0, 0.05) is 20.1 Å². The minimum Gasteiger partial charge on any atom is -0.318 e. The molecule has 0 aromatic carbocycles. The summed E-state index contributed by atoms with van der Waals surface area (Å²) in [7, 11) is 5.27. The highest BCUT2D eigenvalue weighted by Crippen LogP contribution is 2.15. The van der Waals surface area contributed by atoms with Crippen molar-refractivity contribution in [2.75, 3.05) is 34.2 Å². The van der Waals surface area contributed by atoms with Crippen LogP contribution in [0.5, 0.6) is 0 Å². The van der Waals surface area contributed by atoms with Gasteiger partial charge in [0.15, 0.2) is 0 Å². The maximum atomic E-state index is 11.6. The normalized spacial score (nSPS) is 22.6. The number of rotatable bonds is 4. The molecule has 1 rings (SSSR count). The number of nitrogens with zero attached hydrogens (tertiary/aromatic N) is 2. The second kappa shape index (κ2) is 4.52. The van der Waals surface area contributed by atoms with E-state index in [-0.39, 0.29) is 17.9 Å². The molecule has 1 atom stereocenters. The van der Waals surface area contributed by atoms with E-state index < -0.39 is 0 Å². The molecule has 2 amide bonds. The Labute approximate surface area is 84.0 Å². The molecule has 0 aliphatic carbocycles. The van der Waals surface area contributed by atoms with Crippen molar-refractivity contribution in [2.45, 2.75) is 12.5 Å². The fourth-order valence-corrected chi connectivity index (χ4v) is 1.52. The van der Waals surface area contributed by atoms with Gasteiger partial charge in [-0.25, -0.2) is 0 Å². The lowest BCUT2D eigenvalue weighted by atomic mass is 10.2. The van der Waals surface area contributed by atoms with Crippen LogP contribution in [0.4, 0.5) is 0 Å². The van der Waals surface area contributed by atoms with E-state index in [2.05, 4.69) is 5.32 Å². The molecule has 0 saturated carbocycles. The van der Waals surface area contributed by atoms with Crippen LogP contribution in [-0.2, 0) is 9.59 Å². The summed E-state index contributed by atoms with van der Waals surface area (Å²) in [6, 6.07) is -0.263. The molecule has 1 N–H and O–H groups in total. The Bertz CT molecular complexity index is 242. The second-order valence-electron chi connectivity index (χ2n) is 3.60. The third kappa shape index (κ3) is 2.10. The molecule has 14 heavy (non-hydrogen) atoms. The smallest absolute Gasteiger partial charge is 0.246 e. The minimum absolute atomic E-state index is 0.0868. The molecule has 0 aromatic heterocycles. The molecule has 1 fully saturated rings. The predicted molar refractivity (Wildman–Crippen MR) is 52.7 cm³/mol. The standard InChI is InChI=1S/C9H17N3O2/c1-10-4-5-11(2)7-6-8(13)12(3)9(7)14/h7,10H,4-6H2,1-3H3. The Hall–Kier alpha value is -0.940. The van der Waals surface area contributed by atoms with Crippen molar-refractivity contribution in [3.8, 4) is 0 Å². The van der Waals surface area contributed by atoms with Gasteiger partial charge in [-0.05, 0) is 14.1 Å². The number of hydrogen-bond acceptors (Lipinski definition) is 4. The summed E-state index contributed by atoms with van der Waals surface area (Å²) in [6.45, 7) is 1.59. The number of nitrogens with one attached hydrogen (secondary N) is 1. The van der Waals surface area contributed by atoms with Crippen LogP contribution in [0.15, 0.2) is 0 Å². The molecule has 0 bridgehead atoms. The molecule has 1 aliphatic heterocycles. The van der Waals surface area contributed by atoms with Crippen molar-refractivity contribution in [3.63, 3.8) is 0 Å².